The lowest BCUT2D eigenvalue weighted by molar-refractivity contribution is -0.140. The van der Waals surface area contributed by atoms with E-state index in [1.807, 2.05) is 61.7 Å². The molecule has 0 saturated heterocycles. The largest absolute Gasteiger partial charge is 0.497 e. The van der Waals surface area contributed by atoms with Crippen molar-refractivity contribution in [1.29, 1.82) is 0 Å². The molecule has 1 atom stereocenters. The number of rotatable bonds is 6. The number of carbonyl (C=O) groups excluding carboxylic acids is 1. The highest BCUT2D eigenvalue weighted by Gasteiger charge is 2.34. The second kappa shape index (κ2) is 9.26. The zero-order valence-corrected chi connectivity index (χ0v) is 20.0. The number of hydrogen-bond acceptors (Lipinski definition) is 7. The minimum atomic E-state index is -0.557. The number of thiophene rings is 1. The summed E-state index contributed by atoms with van der Waals surface area (Å²) in [5, 5.41) is 1.94. The minimum absolute atomic E-state index is 0.184. The molecule has 0 fully saturated rings. The van der Waals surface area contributed by atoms with Crippen LogP contribution in [0, 0.1) is 5.92 Å². The molecule has 3 aromatic rings. The Labute approximate surface area is 193 Å². The number of esters is 1. The number of hydrogen-bond donors (Lipinski definition) is 0. The smallest absolute Gasteiger partial charge is 0.338 e. The van der Waals surface area contributed by atoms with Crippen molar-refractivity contribution >= 4 is 34.7 Å². The molecule has 0 radical (unpaired) electrons. The monoisotopic (exact) mass is 468 g/mol. The first-order valence-electron chi connectivity index (χ1n) is 10.3. The summed E-state index contributed by atoms with van der Waals surface area (Å²) in [4.78, 5) is 32.6. The number of methoxy groups -OCH3 is 1. The molecule has 4 rings (SSSR count). The molecule has 0 spiro atoms. The maximum Gasteiger partial charge on any atom is 0.338 e. The lowest BCUT2D eigenvalue weighted by Crippen LogP contribution is -2.39. The van der Waals surface area contributed by atoms with Gasteiger partial charge in [-0.1, -0.05) is 43.4 Å². The van der Waals surface area contributed by atoms with Crippen LogP contribution < -0.4 is 19.6 Å². The van der Waals surface area contributed by atoms with Crippen LogP contribution in [-0.2, 0) is 9.53 Å². The summed E-state index contributed by atoms with van der Waals surface area (Å²) in [6.07, 6.45) is 1.83. The average molecular weight is 469 g/mol. The van der Waals surface area contributed by atoms with Gasteiger partial charge in [0.1, 0.15) is 11.8 Å². The van der Waals surface area contributed by atoms with E-state index in [9.17, 15) is 9.59 Å². The number of fused-ring (bicyclic) bond motifs is 1. The third kappa shape index (κ3) is 4.33. The first-order valence-corrected chi connectivity index (χ1v) is 12.0. The van der Waals surface area contributed by atoms with Crippen molar-refractivity contribution in [3.05, 3.63) is 83.2 Å². The predicted molar refractivity (Wildman–Crippen MR) is 127 cm³/mol. The van der Waals surface area contributed by atoms with Gasteiger partial charge in [-0.15, -0.1) is 11.3 Å². The normalized spacial score (nSPS) is 16.2. The van der Waals surface area contributed by atoms with Gasteiger partial charge >= 0.3 is 5.97 Å². The number of aromatic nitrogens is 1. The molecule has 3 heterocycles. The van der Waals surface area contributed by atoms with E-state index in [-0.39, 0.29) is 11.5 Å². The number of ether oxygens (including phenoxy) is 2. The number of nitrogens with zero attached hydrogens (tertiary/aromatic N) is 2. The molecule has 6 nitrogen and oxygen atoms in total. The zero-order chi connectivity index (χ0) is 22.8. The van der Waals surface area contributed by atoms with Crippen molar-refractivity contribution < 1.29 is 14.3 Å². The third-order valence-corrected chi connectivity index (χ3v) is 6.90. The number of thiazole rings is 1. The maximum absolute atomic E-state index is 13.5. The molecule has 1 aliphatic rings. The van der Waals surface area contributed by atoms with E-state index in [0.717, 1.165) is 10.4 Å². The number of carbonyl (C=O) groups is 1. The molecule has 0 aliphatic carbocycles. The van der Waals surface area contributed by atoms with Crippen LogP contribution >= 0.6 is 22.7 Å². The first-order chi connectivity index (χ1) is 15.4. The minimum Gasteiger partial charge on any atom is -0.497 e. The highest BCUT2D eigenvalue weighted by atomic mass is 32.1. The van der Waals surface area contributed by atoms with Gasteiger partial charge in [0.25, 0.3) is 5.56 Å². The Morgan fingerprint density at radius 2 is 2.09 bits per heavy atom. The summed E-state index contributed by atoms with van der Waals surface area (Å²) in [5.41, 5.74) is 1.66. The molecular weight excluding hydrogens is 444 g/mol. The van der Waals surface area contributed by atoms with Gasteiger partial charge in [0.05, 0.1) is 29.5 Å². The van der Waals surface area contributed by atoms with E-state index in [0.29, 0.717) is 33.0 Å². The van der Waals surface area contributed by atoms with Crippen LogP contribution in [0.3, 0.4) is 0 Å². The first kappa shape index (κ1) is 22.2. The van der Waals surface area contributed by atoms with E-state index in [1.165, 1.54) is 22.7 Å². The van der Waals surface area contributed by atoms with Gasteiger partial charge in [0.15, 0.2) is 4.80 Å². The Morgan fingerprint density at radius 3 is 2.78 bits per heavy atom. The van der Waals surface area contributed by atoms with Crippen molar-refractivity contribution in [3.8, 4) is 5.75 Å². The molecule has 0 unspecified atom stereocenters. The van der Waals surface area contributed by atoms with Gasteiger partial charge < -0.3 is 9.47 Å². The summed E-state index contributed by atoms with van der Waals surface area (Å²) in [7, 11) is 1.61. The van der Waals surface area contributed by atoms with E-state index in [4.69, 9.17) is 9.47 Å². The van der Waals surface area contributed by atoms with Crippen molar-refractivity contribution in [2.75, 3.05) is 13.7 Å². The van der Waals surface area contributed by atoms with Gasteiger partial charge in [-0.05, 0) is 48.1 Å². The van der Waals surface area contributed by atoms with Crippen molar-refractivity contribution in [2.24, 2.45) is 10.9 Å². The van der Waals surface area contributed by atoms with Crippen LogP contribution in [0.15, 0.2) is 62.8 Å². The fourth-order valence-electron chi connectivity index (χ4n) is 3.50. The van der Waals surface area contributed by atoms with Gasteiger partial charge in [-0.2, -0.15) is 0 Å². The summed E-state index contributed by atoms with van der Waals surface area (Å²) >= 11 is 2.81. The molecule has 0 N–H and O–H groups in total. The van der Waals surface area contributed by atoms with Crippen molar-refractivity contribution in [1.82, 2.24) is 4.57 Å². The topological polar surface area (TPSA) is 69.9 Å². The van der Waals surface area contributed by atoms with Crippen LogP contribution in [-0.4, -0.2) is 24.3 Å². The fourth-order valence-corrected chi connectivity index (χ4v) is 5.37. The molecule has 0 saturated carbocycles. The van der Waals surface area contributed by atoms with E-state index < -0.39 is 12.0 Å². The zero-order valence-electron chi connectivity index (χ0n) is 18.3. The van der Waals surface area contributed by atoms with E-state index >= 15 is 0 Å². The maximum atomic E-state index is 13.5. The Bertz CT molecular complexity index is 1350. The van der Waals surface area contributed by atoms with Crippen LogP contribution in [0.5, 0.6) is 5.75 Å². The fraction of sp³-hybridized carbons (Fsp3) is 0.292. The van der Waals surface area contributed by atoms with Crippen LogP contribution in [0.4, 0.5) is 0 Å². The summed E-state index contributed by atoms with van der Waals surface area (Å²) < 4.78 is 13.0. The SMILES string of the molecule is COc1cccc(/C=c2/sc3n(c2=O)[C@@H](c2cccs2)C(C(=O)OCC(C)C)=C(C)N=3)c1. The Hall–Kier alpha value is -2.97. The second-order valence-electron chi connectivity index (χ2n) is 7.87. The van der Waals surface area contributed by atoms with Gasteiger partial charge in [0, 0.05) is 4.88 Å². The molecular formula is C24H24N2O4S2. The molecule has 2 aromatic heterocycles. The molecule has 1 aliphatic heterocycles. The molecule has 0 bridgehead atoms. The lowest BCUT2D eigenvalue weighted by atomic mass is 10.0. The van der Waals surface area contributed by atoms with Crippen molar-refractivity contribution in [3.63, 3.8) is 0 Å². The average Bonchev–Trinajstić information content (AvgIpc) is 3.40. The van der Waals surface area contributed by atoms with E-state index in [1.54, 1.807) is 18.6 Å². The highest BCUT2D eigenvalue weighted by molar-refractivity contribution is 7.10. The Morgan fingerprint density at radius 1 is 1.28 bits per heavy atom. The van der Waals surface area contributed by atoms with Crippen LogP contribution in [0.2, 0.25) is 0 Å². The van der Waals surface area contributed by atoms with Crippen LogP contribution in [0.25, 0.3) is 6.08 Å². The molecule has 32 heavy (non-hydrogen) atoms. The van der Waals surface area contributed by atoms with Gasteiger partial charge in [0.2, 0.25) is 0 Å². The van der Waals surface area contributed by atoms with Crippen molar-refractivity contribution in [2.45, 2.75) is 26.8 Å². The Kier molecular flexibility index (Phi) is 6.43. The summed E-state index contributed by atoms with van der Waals surface area (Å²) in [5.74, 6) is 0.499. The second-order valence-corrected chi connectivity index (χ2v) is 9.85. The van der Waals surface area contributed by atoms with Gasteiger partial charge in [-0.25, -0.2) is 9.79 Å². The molecule has 8 heteroatoms. The highest BCUT2D eigenvalue weighted by Crippen LogP contribution is 2.33. The quantitative estimate of drug-likeness (QED) is 0.519. The molecule has 166 valence electrons. The van der Waals surface area contributed by atoms with Crippen LogP contribution in [0.1, 0.15) is 37.3 Å². The lowest BCUT2D eigenvalue weighted by Gasteiger charge is -2.23. The predicted octanol–water partition coefficient (Wildman–Crippen LogP) is 3.50. The molecule has 0 amide bonds. The number of allylic oxidation sites excluding steroid dienone is 1. The third-order valence-electron chi connectivity index (χ3n) is 4.99. The summed E-state index contributed by atoms with van der Waals surface area (Å²) in [6, 6.07) is 10.8. The van der Waals surface area contributed by atoms with Gasteiger partial charge in [-0.3, -0.25) is 9.36 Å². The number of benzene rings is 1. The van der Waals surface area contributed by atoms with E-state index in [2.05, 4.69) is 4.99 Å². The Balaban J connectivity index is 1.86. The standard InChI is InChI=1S/C24H24N2O4S2/c1-14(2)13-30-23(28)20-15(3)25-24-26(21(20)18-9-6-10-31-18)22(27)19(32-24)12-16-7-5-8-17(11-16)29-4/h5-12,14,21H,13H2,1-4H3/b19-12+/t21-/m0/s1. The molecule has 1 aromatic carbocycles. The summed E-state index contributed by atoms with van der Waals surface area (Å²) in [6.45, 7) is 6.08.